The number of nitrogens with one attached hydrogen (secondary N) is 2. The van der Waals surface area contributed by atoms with Crippen LogP contribution in [0.5, 0.6) is 17.2 Å². The van der Waals surface area contributed by atoms with Crippen LogP contribution in [0, 0.1) is 0 Å². The Bertz CT molecular complexity index is 1700. The summed E-state index contributed by atoms with van der Waals surface area (Å²) in [6.07, 6.45) is 5.42. The van der Waals surface area contributed by atoms with Gasteiger partial charge < -0.3 is 50.5 Å². The van der Waals surface area contributed by atoms with Crippen LogP contribution in [-0.2, 0) is 16.0 Å². The molecule has 278 valence electrons. The van der Waals surface area contributed by atoms with Crippen molar-refractivity contribution in [1.82, 2.24) is 25.4 Å². The van der Waals surface area contributed by atoms with E-state index in [1.165, 1.54) is 0 Å². The first-order valence-electron chi connectivity index (χ1n) is 17.5. The van der Waals surface area contributed by atoms with Gasteiger partial charge in [-0.25, -0.2) is 4.79 Å². The molecule has 2 saturated heterocycles. The van der Waals surface area contributed by atoms with Crippen molar-refractivity contribution in [2.45, 2.75) is 37.8 Å². The van der Waals surface area contributed by atoms with Crippen molar-refractivity contribution < 1.29 is 29.0 Å². The van der Waals surface area contributed by atoms with Gasteiger partial charge in [0.15, 0.2) is 11.5 Å². The van der Waals surface area contributed by atoms with Gasteiger partial charge in [0, 0.05) is 88.6 Å². The van der Waals surface area contributed by atoms with Gasteiger partial charge in [-0.15, -0.1) is 0 Å². The highest BCUT2D eigenvalue weighted by Gasteiger charge is 2.33. The number of anilines is 2. The van der Waals surface area contributed by atoms with Crippen LogP contribution >= 0.6 is 31.9 Å². The number of piperazine rings is 2. The SMILES string of the molecule is NCCCC[C@H](NC(=O)[C@@H](Cc1cc(Br)c(O)c(Br)c1)NC(=O)N1CCN(c2ccc3c(c2)OCO3)CC1)C(=O)N1CCN(c2ccncc2)CC1. The van der Waals surface area contributed by atoms with Crippen molar-refractivity contribution >= 4 is 61.1 Å². The molecule has 3 aliphatic heterocycles. The topological polar surface area (TPSA) is 166 Å². The number of halogens is 2. The molecule has 3 aromatic rings. The third-order valence-corrected chi connectivity index (χ3v) is 10.8. The molecule has 5 N–H and O–H groups in total. The highest BCUT2D eigenvalue weighted by atomic mass is 79.9. The van der Waals surface area contributed by atoms with E-state index in [9.17, 15) is 19.5 Å². The molecule has 1 aromatic heterocycles. The van der Waals surface area contributed by atoms with Crippen molar-refractivity contribution in [1.29, 1.82) is 0 Å². The monoisotopic (exact) mass is 842 g/mol. The first-order chi connectivity index (χ1) is 25.2. The lowest BCUT2D eigenvalue weighted by Gasteiger charge is -2.38. The Balaban J connectivity index is 1.13. The highest BCUT2D eigenvalue weighted by molar-refractivity contribution is 9.11. The van der Waals surface area contributed by atoms with Crippen molar-refractivity contribution in [3.8, 4) is 17.2 Å². The van der Waals surface area contributed by atoms with Crippen LogP contribution < -0.4 is 35.6 Å². The summed E-state index contributed by atoms with van der Waals surface area (Å²) in [5.74, 6) is 0.828. The van der Waals surface area contributed by atoms with Crippen molar-refractivity contribution in [2.75, 3.05) is 75.5 Å². The molecule has 0 aliphatic carbocycles. The fraction of sp³-hybridized carbons (Fsp3) is 0.444. The predicted molar refractivity (Wildman–Crippen MR) is 204 cm³/mol. The van der Waals surface area contributed by atoms with E-state index in [0.29, 0.717) is 104 Å². The van der Waals surface area contributed by atoms with Crippen molar-refractivity contribution in [2.24, 2.45) is 5.73 Å². The van der Waals surface area contributed by atoms with Crippen LogP contribution in [0.1, 0.15) is 24.8 Å². The normalized spacial score (nSPS) is 16.8. The summed E-state index contributed by atoms with van der Waals surface area (Å²) in [5.41, 5.74) is 8.51. The predicted octanol–water partition coefficient (Wildman–Crippen LogP) is 3.45. The van der Waals surface area contributed by atoms with E-state index in [4.69, 9.17) is 15.2 Å². The summed E-state index contributed by atoms with van der Waals surface area (Å²) in [5, 5.41) is 16.3. The van der Waals surface area contributed by atoms with Crippen LogP contribution in [0.2, 0.25) is 0 Å². The molecule has 16 heteroatoms. The molecule has 0 saturated carbocycles. The van der Waals surface area contributed by atoms with E-state index in [1.807, 2.05) is 30.3 Å². The maximum atomic E-state index is 14.1. The van der Waals surface area contributed by atoms with Crippen LogP contribution in [0.25, 0.3) is 0 Å². The lowest BCUT2D eigenvalue weighted by Crippen LogP contribution is -2.59. The molecule has 14 nitrogen and oxygen atoms in total. The summed E-state index contributed by atoms with van der Waals surface area (Å²) in [6.45, 7) is 5.08. The van der Waals surface area contributed by atoms with Gasteiger partial charge >= 0.3 is 6.03 Å². The van der Waals surface area contributed by atoms with E-state index in [0.717, 1.165) is 11.4 Å². The fourth-order valence-corrected chi connectivity index (χ4v) is 7.93. The van der Waals surface area contributed by atoms with Crippen LogP contribution in [-0.4, -0.2) is 116 Å². The molecule has 3 aliphatic rings. The molecule has 52 heavy (non-hydrogen) atoms. The van der Waals surface area contributed by atoms with Gasteiger partial charge in [0.2, 0.25) is 18.6 Å². The number of pyridine rings is 1. The van der Waals surface area contributed by atoms with E-state index in [1.54, 1.807) is 34.3 Å². The maximum Gasteiger partial charge on any atom is 0.318 e. The highest BCUT2D eigenvalue weighted by Crippen LogP contribution is 2.36. The zero-order valence-corrected chi connectivity index (χ0v) is 32.0. The number of phenols is 1. The fourth-order valence-electron chi connectivity index (χ4n) is 6.65. The zero-order chi connectivity index (χ0) is 36.6. The number of carbonyl (C=O) groups excluding carboxylic acids is 3. The molecule has 0 unspecified atom stereocenters. The summed E-state index contributed by atoms with van der Waals surface area (Å²) in [4.78, 5) is 53.8. The molecular weight excluding hydrogens is 800 g/mol. The Labute approximate surface area is 319 Å². The number of unbranched alkanes of at least 4 members (excludes halogenated alkanes) is 1. The second-order valence-electron chi connectivity index (χ2n) is 13.0. The Morgan fingerprint density at radius 1 is 0.788 bits per heavy atom. The molecule has 0 bridgehead atoms. The number of carbonyl (C=O) groups is 3. The third-order valence-electron chi connectivity index (χ3n) is 9.60. The Morgan fingerprint density at radius 3 is 2.10 bits per heavy atom. The molecule has 0 radical (unpaired) electrons. The number of ether oxygens (including phenoxy) is 2. The van der Waals surface area contributed by atoms with E-state index < -0.39 is 18.0 Å². The minimum absolute atomic E-state index is 0.0312. The number of phenolic OH excluding ortho intramolecular Hbond substituents is 1. The largest absolute Gasteiger partial charge is 0.506 e. The molecule has 2 atom stereocenters. The van der Waals surface area contributed by atoms with E-state index in [2.05, 4.69) is 57.3 Å². The minimum Gasteiger partial charge on any atom is -0.506 e. The number of hydrogen-bond donors (Lipinski definition) is 4. The van der Waals surface area contributed by atoms with Crippen LogP contribution in [0.3, 0.4) is 0 Å². The number of rotatable bonds is 12. The second-order valence-corrected chi connectivity index (χ2v) is 14.7. The summed E-state index contributed by atoms with van der Waals surface area (Å²) < 4.78 is 11.9. The molecule has 6 rings (SSSR count). The number of aromatic nitrogens is 1. The van der Waals surface area contributed by atoms with Gasteiger partial charge in [-0.05, 0) is 99.6 Å². The Morgan fingerprint density at radius 2 is 1.42 bits per heavy atom. The molecule has 0 spiro atoms. The number of amides is 4. The smallest absolute Gasteiger partial charge is 0.318 e. The number of nitrogens with two attached hydrogens (primary N) is 1. The lowest BCUT2D eigenvalue weighted by molar-refractivity contribution is -0.137. The zero-order valence-electron chi connectivity index (χ0n) is 28.8. The molecular formula is C36H44Br2N8O6. The van der Waals surface area contributed by atoms with Gasteiger partial charge in [0.1, 0.15) is 17.8 Å². The second kappa shape index (κ2) is 17.5. The number of benzene rings is 2. The van der Waals surface area contributed by atoms with Crippen LogP contribution in [0.15, 0.2) is 63.8 Å². The number of nitrogens with zero attached hydrogens (tertiary/aromatic N) is 5. The van der Waals surface area contributed by atoms with E-state index >= 15 is 0 Å². The standard InChI is InChI=1S/C36H44Br2N8O6/c37-27-19-24(20-28(38)33(27)47)21-30(42-36(50)46-17-13-44(14-18-46)26-4-5-31-32(22-26)52-23-51-31)34(48)41-29(3-1-2-8-39)35(49)45-15-11-43(12-16-45)25-6-9-40-10-7-25/h4-7,9-10,19-20,22,29-30,47H,1-3,8,11-18,21,23,39H2,(H,41,48)(H,42,50)/t29-,30+/m0/s1. The minimum atomic E-state index is -1.00. The molecule has 4 heterocycles. The van der Waals surface area contributed by atoms with Gasteiger partial charge in [-0.2, -0.15) is 0 Å². The number of fused-ring (bicyclic) bond motifs is 1. The van der Waals surface area contributed by atoms with Gasteiger partial charge in [0.05, 0.1) is 8.95 Å². The van der Waals surface area contributed by atoms with E-state index in [-0.39, 0.29) is 30.9 Å². The summed E-state index contributed by atoms with van der Waals surface area (Å²) in [7, 11) is 0. The maximum absolute atomic E-state index is 14.1. The molecule has 4 amide bonds. The number of aromatic hydroxyl groups is 1. The average molecular weight is 845 g/mol. The number of urea groups is 1. The van der Waals surface area contributed by atoms with Gasteiger partial charge in [-0.1, -0.05) is 0 Å². The van der Waals surface area contributed by atoms with Gasteiger partial charge in [-0.3, -0.25) is 14.6 Å². The first kappa shape index (κ1) is 37.5. The quantitative estimate of drug-likeness (QED) is 0.199. The van der Waals surface area contributed by atoms with Gasteiger partial charge in [0.25, 0.3) is 0 Å². The number of hydrogen-bond acceptors (Lipinski definition) is 10. The molecule has 2 fully saturated rings. The first-order valence-corrected chi connectivity index (χ1v) is 19.1. The third kappa shape index (κ3) is 9.19. The lowest BCUT2D eigenvalue weighted by atomic mass is 10.0. The summed E-state index contributed by atoms with van der Waals surface area (Å²) in [6, 6.07) is 11.0. The van der Waals surface area contributed by atoms with Crippen LogP contribution in [0.4, 0.5) is 16.2 Å². The average Bonchev–Trinajstić information content (AvgIpc) is 3.65. The van der Waals surface area contributed by atoms with Crippen molar-refractivity contribution in [3.63, 3.8) is 0 Å². The Hall–Kier alpha value is -4.28. The Kier molecular flexibility index (Phi) is 12.6. The summed E-state index contributed by atoms with van der Waals surface area (Å²) >= 11 is 6.75. The van der Waals surface area contributed by atoms with Crippen molar-refractivity contribution in [3.05, 3.63) is 69.4 Å². The molecule has 2 aromatic carbocycles.